The summed E-state index contributed by atoms with van der Waals surface area (Å²) < 4.78 is 1.80. The van der Waals surface area contributed by atoms with Crippen LogP contribution in [0.4, 0.5) is 0 Å². The molecule has 0 unspecified atom stereocenters. The number of aromatic nitrogens is 3. The number of aryl methyl sites for hydroxylation is 1. The molecule has 7 heteroatoms. The van der Waals surface area contributed by atoms with Crippen molar-refractivity contribution in [2.75, 3.05) is 13.1 Å². The highest BCUT2D eigenvalue weighted by Gasteiger charge is 2.28. The Morgan fingerprint density at radius 2 is 1.85 bits per heavy atom. The van der Waals surface area contributed by atoms with Crippen molar-refractivity contribution in [3.63, 3.8) is 0 Å². The fourth-order valence-corrected chi connectivity index (χ4v) is 4.90. The second-order valence-corrected chi connectivity index (χ2v) is 8.90. The molecule has 2 aromatic heterocycles. The molecule has 0 bridgehead atoms. The zero-order valence-corrected chi connectivity index (χ0v) is 19.9. The molecule has 0 aliphatic carbocycles. The summed E-state index contributed by atoms with van der Waals surface area (Å²) in [6.45, 7) is 6.59. The van der Waals surface area contributed by atoms with E-state index in [-0.39, 0.29) is 0 Å². The second kappa shape index (κ2) is 9.05. The smallest absolute Gasteiger partial charge is 0.336 e. The topological polar surface area (TPSA) is 71.2 Å². The van der Waals surface area contributed by atoms with Crippen LogP contribution in [-0.2, 0) is 13.1 Å². The van der Waals surface area contributed by atoms with Crippen LogP contribution in [-0.4, -0.2) is 43.8 Å². The maximum Gasteiger partial charge on any atom is 0.336 e. The van der Waals surface area contributed by atoms with E-state index in [1.54, 1.807) is 4.68 Å². The third kappa shape index (κ3) is 4.00. The van der Waals surface area contributed by atoms with E-state index in [1.807, 2.05) is 67.6 Å². The molecule has 34 heavy (non-hydrogen) atoms. The SMILES string of the molecule is CCN1C/C(=C/c2c(C)nn(Cc3ccccc3)c2Cl)c2nc3ccccc3c(C(=O)O)c2C1. The van der Waals surface area contributed by atoms with E-state index in [1.165, 1.54) is 0 Å². The zero-order valence-electron chi connectivity index (χ0n) is 19.1. The maximum absolute atomic E-state index is 12.3. The number of benzene rings is 2. The highest BCUT2D eigenvalue weighted by molar-refractivity contribution is 6.31. The van der Waals surface area contributed by atoms with Crippen molar-refractivity contribution < 1.29 is 9.90 Å². The number of carboxylic acid groups (broad SMARTS) is 1. The number of rotatable bonds is 5. The molecule has 0 fully saturated rings. The Kier molecular flexibility index (Phi) is 5.94. The number of hydrogen-bond donors (Lipinski definition) is 1. The molecule has 0 saturated heterocycles. The second-order valence-electron chi connectivity index (χ2n) is 8.54. The predicted octanol–water partition coefficient (Wildman–Crippen LogP) is 5.52. The van der Waals surface area contributed by atoms with Gasteiger partial charge in [-0.1, -0.05) is 67.1 Å². The highest BCUT2D eigenvalue weighted by atomic mass is 35.5. The average Bonchev–Trinajstić information content (AvgIpc) is 3.10. The van der Waals surface area contributed by atoms with Gasteiger partial charge in [0.05, 0.1) is 29.0 Å². The van der Waals surface area contributed by atoms with Gasteiger partial charge in [-0.3, -0.25) is 4.90 Å². The van der Waals surface area contributed by atoms with Crippen LogP contribution in [0.2, 0.25) is 5.15 Å². The molecule has 5 rings (SSSR count). The summed E-state index contributed by atoms with van der Waals surface area (Å²) in [7, 11) is 0. The van der Waals surface area contributed by atoms with Gasteiger partial charge in [-0.25, -0.2) is 14.5 Å². The summed E-state index contributed by atoms with van der Waals surface area (Å²) in [5.41, 5.74) is 6.20. The Hall–Kier alpha value is -3.48. The van der Waals surface area contributed by atoms with Crippen molar-refractivity contribution in [1.29, 1.82) is 0 Å². The molecule has 1 aliphatic rings. The molecule has 0 radical (unpaired) electrons. The number of carbonyl (C=O) groups is 1. The Labute approximate surface area is 203 Å². The van der Waals surface area contributed by atoms with Crippen molar-refractivity contribution in [3.05, 3.63) is 93.4 Å². The first-order valence-electron chi connectivity index (χ1n) is 11.3. The minimum atomic E-state index is -0.933. The van der Waals surface area contributed by atoms with Crippen LogP contribution in [0.25, 0.3) is 22.6 Å². The monoisotopic (exact) mass is 472 g/mol. The Morgan fingerprint density at radius 1 is 1.12 bits per heavy atom. The van der Waals surface area contributed by atoms with Gasteiger partial charge in [0.25, 0.3) is 0 Å². The molecule has 3 heterocycles. The summed E-state index contributed by atoms with van der Waals surface area (Å²) in [6, 6.07) is 17.5. The fourth-order valence-electron chi connectivity index (χ4n) is 4.61. The Bertz CT molecular complexity index is 1430. The molecule has 0 spiro atoms. The number of pyridine rings is 1. The molecule has 1 N–H and O–H groups in total. The first-order valence-corrected chi connectivity index (χ1v) is 11.7. The number of aromatic carboxylic acids is 1. The third-order valence-corrected chi connectivity index (χ3v) is 6.74. The molecule has 4 aromatic rings. The number of hydrogen-bond acceptors (Lipinski definition) is 4. The number of likely N-dealkylation sites (N-methyl/N-ethyl adjacent to an activating group) is 1. The van der Waals surface area contributed by atoms with Gasteiger partial charge in [0.2, 0.25) is 0 Å². The maximum atomic E-state index is 12.3. The van der Waals surface area contributed by atoms with Crippen LogP contribution in [0.5, 0.6) is 0 Å². The van der Waals surface area contributed by atoms with Crippen molar-refractivity contribution >= 4 is 40.1 Å². The highest BCUT2D eigenvalue weighted by Crippen LogP contribution is 2.35. The van der Waals surface area contributed by atoms with Crippen molar-refractivity contribution in [3.8, 4) is 0 Å². The first-order chi connectivity index (χ1) is 16.5. The standard InChI is InChI=1S/C27H25ClN4O2/c1-3-31-15-19(13-21-17(2)30-32(26(21)28)14-18-9-5-4-6-10-18)25-22(16-31)24(27(33)34)20-11-7-8-12-23(20)29-25/h4-13H,3,14-16H2,1-2H3,(H,33,34)/b19-13-. The van der Waals surface area contributed by atoms with Gasteiger partial charge in [-0.05, 0) is 36.7 Å². The lowest BCUT2D eigenvalue weighted by atomic mass is 9.92. The summed E-state index contributed by atoms with van der Waals surface area (Å²) >= 11 is 6.80. The lowest BCUT2D eigenvalue weighted by Gasteiger charge is -2.30. The molecule has 1 aliphatic heterocycles. The van der Waals surface area contributed by atoms with Crippen LogP contribution in [0, 0.1) is 6.92 Å². The van der Waals surface area contributed by atoms with Crippen LogP contribution >= 0.6 is 11.6 Å². The molecule has 6 nitrogen and oxygen atoms in total. The van der Waals surface area contributed by atoms with Gasteiger partial charge < -0.3 is 5.11 Å². The largest absolute Gasteiger partial charge is 0.478 e. The minimum absolute atomic E-state index is 0.326. The molecule has 0 amide bonds. The summed E-state index contributed by atoms with van der Waals surface area (Å²) in [4.78, 5) is 19.5. The van der Waals surface area contributed by atoms with E-state index in [9.17, 15) is 9.90 Å². The quantitative estimate of drug-likeness (QED) is 0.414. The number of para-hydroxylation sites is 1. The molecule has 0 saturated carbocycles. The van der Waals surface area contributed by atoms with Gasteiger partial charge in [0, 0.05) is 29.6 Å². The fraction of sp³-hybridized carbons (Fsp3) is 0.222. The van der Waals surface area contributed by atoms with E-state index >= 15 is 0 Å². The number of nitrogens with zero attached hydrogens (tertiary/aromatic N) is 4. The molecular weight excluding hydrogens is 448 g/mol. The van der Waals surface area contributed by atoms with Crippen LogP contribution < -0.4 is 0 Å². The van der Waals surface area contributed by atoms with Crippen molar-refractivity contribution in [1.82, 2.24) is 19.7 Å². The van der Waals surface area contributed by atoms with Crippen LogP contribution in [0.3, 0.4) is 0 Å². The average molecular weight is 473 g/mol. The molecule has 0 atom stereocenters. The lowest BCUT2D eigenvalue weighted by molar-refractivity contribution is 0.0696. The van der Waals surface area contributed by atoms with E-state index in [0.29, 0.717) is 41.3 Å². The Morgan fingerprint density at radius 3 is 2.59 bits per heavy atom. The lowest BCUT2D eigenvalue weighted by Crippen LogP contribution is -2.31. The van der Waals surface area contributed by atoms with Crippen molar-refractivity contribution in [2.24, 2.45) is 0 Å². The van der Waals surface area contributed by atoms with Crippen molar-refractivity contribution in [2.45, 2.75) is 26.9 Å². The normalized spacial score (nSPS) is 15.1. The van der Waals surface area contributed by atoms with E-state index < -0.39 is 5.97 Å². The summed E-state index contributed by atoms with van der Waals surface area (Å²) in [6.07, 6.45) is 2.03. The molecule has 172 valence electrons. The van der Waals surface area contributed by atoms with Gasteiger partial charge >= 0.3 is 5.97 Å². The van der Waals surface area contributed by atoms with E-state index in [4.69, 9.17) is 16.6 Å². The number of fused-ring (bicyclic) bond motifs is 2. The van der Waals surface area contributed by atoms with Gasteiger partial charge in [0.15, 0.2) is 0 Å². The van der Waals surface area contributed by atoms with E-state index in [2.05, 4.69) is 16.9 Å². The molecular formula is C27H25ClN4O2. The third-order valence-electron chi connectivity index (χ3n) is 6.34. The Balaban J connectivity index is 1.66. The summed E-state index contributed by atoms with van der Waals surface area (Å²) in [5, 5.41) is 16.0. The van der Waals surface area contributed by atoms with Gasteiger partial charge in [-0.15, -0.1) is 0 Å². The predicted molar refractivity (Wildman–Crippen MR) is 135 cm³/mol. The number of carboxylic acids is 1. The zero-order chi connectivity index (χ0) is 23.8. The van der Waals surface area contributed by atoms with E-state index in [0.717, 1.165) is 40.2 Å². The van der Waals surface area contributed by atoms with Crippen LogP contribution in [0.1, 0.15) is 45.4 Å². The van der Waals surface area contributed by atoms with Gasteiger partial charge in [-0.2, -0.15) is 5.10 Å². The van der Waals surface area contributed by atoms with Gasteiger partial charge in [0.1, 0.15) is 5.15 Å². The minimum Gasteiger partial charge on any atom is -0.478 e. The number of halogens is 1. The van der Waals surface area contributed by atoms with Crippen LogP contribution in [0.15, 0.2) is 54.6 Å². The first kappa shape index (κ1) is 22.3. The molecule has 2 aromatic carbocycles. The summed E-state index contributed by atoms with van der Waals surface area (Å²) in [5.74, 6) is -0.933.